The number of thiazole rings is 1. The van der Waals surface area contributed by atoms with Crippen molar-refractivity contribution in [2.75, 3.05) is 25.6 Å². The molecule has 0 spiro atoms. The molecular weight excluding hydrogens is 477 g/mol. The molecule has 7 nitrogen and oxygen atoms in total. The van der Waals surface area contributed by atoms with Crippen LogP contribution in [-0.4, -0.2) is 43.6 Å². The Balaban J connectivity index is 0.00000261. The van der Waals surface area contributed by atoms with Crippen LogP contribution in [0.4, 0.5) is 5.69 Å². The summed E-state index contributed by atoms with van der Waals surface area (Å²) in [6, 6.07) is 7.55. The highest BCUT2D eigenvalue weighted by Gasteiger charge is 2.31. The van der Waals surface area contributed by atoms with Crippen LogP contribution in [0, 0.1) is 6.92 Å². The first-order chi connectivity index (χ1) is 12.6. The normalized spacial score (nSPS) is 16.9. The van der Waals surface area contributed by atoms with E-state index in [1.54, 1.807) is 30.4 Å². The quantitative estimate of drug-likeness (QED) is 0.374. The van der Waals surface area contributed by atoms with E-state index in [-0.39, 0.29) is 35.9 Å². The van der Waals surface area contributed by atoms with Gasteiger partial charge in [0.2, 0.25) is 5.91 Å². The van der Waals surface area contributed by atoms with Crippen LogP contribution in [0.15, 0.2) is 35.5 Å². The molecule has 9 heteroatoms. The lowest BCUT2D eigenvalue weighted by molar-refractivity contribution is -0.117. The number of benzene rings is 1. The summed E-state index contributed by atoms with van der Waals surface area (Å²) < 4.78 is 5.25. The first-order valence-corrected chi connectivity index (χ1v) is 9.23. The molecule has 1 amide bonds. The lowest BCUT2D eigenvalue weighted by Gasteiger charge is -2.19. The number of carbonyl (C=O) groups is 1. The zero-order valence-electron chi connectivity index (χ0n) is 15.6. The van der Waals surface area contributed by atoms with Gasteiger partial charge < -0.3 is 20.3 Å². The Morgan fingerprint density at radius 2 is 2.30 bits per heavy atom. The summed E-state index contributed by atoms with van der Waals surface area (Å²) in [6.07, 6.45) is 2.29. The van der Waals surface area contributed by atoms with Gasteiger partial charge in [0.25, 0.3) is 0 Å². The maximum absolute atomic E-state index is 12.4. The van der Waals surface area contributed by atoms with Crippen LogP contribution in [0.1, 0.15) is 16.3 Å². The predicted octanol–water partition coefficient (Wildman–Crippen LogP) is 2.55. The standard InChI is InChI=1S/C18H23N5O2S.HI/c1-12-20-9-16(26-12)10-21-18(19-2)22-13-7-17(24)23(11-13)14-5-4-6-15(8-14)25-3;/h4-6,8-9,13H,7,10-11H2,1-3H3,(H2,19,21,22);1H. The fraction of sp³-hybridized carbons (Fsp3) is 0.389. The molecule has 1 aromatic heterocycles. The summed E-state index contributed by atoms with van der Waals surface area (Å²) in [6.45, 7) is 3.23. The molecule has 2 aromatic rings. The Morgan fingerprint density at radius 1 is 1.48 bits per heavy atom. The molecule has 0 saturated carbocycles. The first-order valence-electron chi connectivity index (χ1n) is 8.42. The SMILES string of the molecule is CN=C(NCc1cnc(C)s1)NC1CC(=O)N(c2cccc(OC)c2)C1.I. The van der Waals surface area contributed by atoms with Gasteiger partial charge in [-0.1, -0.05) is 6.07 Å². The maximum atomic E-state index is 12.4. The van der Waals surface area contributed by atoms with E-state index in [4.69, 9.17) is 4.74 Å². The molecule has 0 aliphatic carbocycles. The molecule has 146 valence electrons. The van der Waals surface area contributed by atoms with Crippen molar-refractivity contribution in [3.8, 4) is 5.75 Å². The van der Waals surface area contributed by atoms with Gasteiger partial charge in [0.05, 0.1) is 24.7 Å². The second-order valence-electron chi connectivity index (χ2n) is 6.02. The Bertz CT molecular complexity index is 811. The average molecular weight is 501 g/mol. The van der Waals surface area contributed by atoms with Gasteiger partial charge in [-0.15, -0.1) is 35.3 Å². The van der Waals surface area contributed by atoms with Crippen LogP contribution in [0.3, 0.4) is 0 Å². The van der Waals surface area contributed by atoms with E-state index in [0.29, 0.717) is 25.5 Å². The second-order valence-corrected chi connectivity index (χ2v) is 7.34. The van der Waals surface area contributed by atoms with Crippen molar-refractivity contribution in [2.24, 2.45) is 4.99 Å². The van der Waals surface area contributed by atoms with Gasteiger partial charge in [-0.3, -0.25) is 9.79 Å². The van der Waals surface area contributed by atoms with Crippen LogP contribution in [0.2, 0.25) is 0 Å². The largest absolute Gasteiger partial charge is 0.497 e. The van der Waals surface area contributed by atoms with Crippen molar-refractivity contribution in [1.82, 2.24) is 15.6 Å². The molecule has 0 bridgehead atoms. The number of hydrogen-bond acceptors (Lipinski definition) is 5. The number of ether oxygens (including phenoxy) is 1. The fourth-order valence-electron chi connectivity index (χ4n) is 2.88. The van der Waals surface area contributed by atoms with Gasteiger partial charge in [-0.2, -0.15) is 0 Å². The number of methoxy groups -OCH3 is 1. The lowest BCUT2D eigenvalue weighted by Crippen LogP contribution is -2.44. The van der Waals surface area contributed by atoms with Gasteiger partial charge in [0, 0.05) is 42.8 Å². The molecule has 1 fully saturated rings. The van der Waals surface area contributed by atoms with Gasteiger partial charge in [-0.05, 0) is 19.1 Å². The summed E-state index contributed by atoms with van der Waals surface area (Å²) in [5, 5.41) is 7.65. The second kappa shape index (κ2) is 9.88. The first kappa shape index (κ1) is 21.4. The zero-order chi connectivity index (χ0) is 18.5. The van der Waals surface area contributed by atoms with Crippen LogP contribution >= 0.6 is 35.3 Å². The Morgan fingerprint density at radius 3 is 2.96 bits per heavy atom. The molecule has 1 atom stereocenters. The van der Waals surface area contributed by atoms with Crippen LogP contribution in [-0.2, 0) is 11.3 Å². The highest BCUT2D eigenvalue weighted by molar-refractivity contribution is 14.0. The molecule has 1 aliphatic heterocycles. The highest BCUT2D eigenvalue weighted by Crippen LogP contribution is 2.25. The van der Waals surface area contributed by atoms with Crippen molar-refractivity contribution >= 4 is 52.9 Å². The predicted molar refractivity (Wildman–Crippen MR) is 119 cm³/mol. The molecule has 1 aliphatic rings. The number of hydrogen-bond donors (Lipinski definition) is 2. The van der Waals surface area contributed by atoms with Crippen molar-refractivity contribution in [3.05, 3.63) is 40.3 Å². The molecule has 1 unspecified atom stereocenters. The molecular formula is C18H24IN5O2S. The summed E-state index contributed by atoms with van der Waals surface area (Å²) in [5.74, 6) is 1.51. The number of carbonyl (C=O) groups excluding carboxylic acids is 1. The molecule has 2 heterocycles. The third-order valence-electron chi connectivity index (χ3n) is 4.15. The van der Waals surface area contributed by atoms with Gasteiger partial charge in [0.1, 0.15) is 5.75 Å². The molecule has 3 rings (SSSR count). The summed E-state index contributed by atoms with van der Waals surface area (Å²) in [4.78, 5) is 23.8. The van der Waals surface area contributed by atoms with Crippen LogP contribution in [0.5, 0.6) is 5.75 Å². The maximum Gasteiger partial charge on any atom is 0.229 e. The smallest absolute Gasteiger partial charge is 0.229 e. The van der Waals surface area contributed by atoms with E-state index < -0.39 is 0 Å². The summed E-state index contributed by atoms with van der Waals surface area (Å²) in [7, 11) is 3.35. The minimum atomic E-state index is 0. The summed E-state index contributed by atoms with van der Waals surface area (Å²) in [5.41, 5.74) is 0.849. The molecule has 27 heavy (non-hydrogen) atoms. The number of nitrogens with one attached hydrogen (secondary N) is 2. The molecule has 1 saturated heterocycles. The van der Waals surface area contributed by atoms with E-state index in [1.807, 2.05) is 37.4 Å². The highest BCUT2D eigenvalue weighted by atomic mass is 127. The van der Waals surface area contributed by atoms with Crippen LogP contribution in [0.25, 0.3) is 0 Å². The van der Waals surface area contributed by atoms with E-state index >= 15 is 0 Å². The average Bonchev–Trinajstić information content (AvgIpc) is 3.23. The number of aromatic nitrogens is 1. The van der Waals surface area contributed by atoms with E-state index in [0.717, 1.165) is 21.3 Å². The minimum Gasteiger partial charge on any atom is -0.497 e. The Labute approximate surface area is 180 Å². The number of rotatable bonds is 5. The number of nitrogens with zero attached hydrogens (tertiary/aromatic N) is 3. The van der Waals surface area contributed by atoms with Gasteiger partial charge in [-0.25, -0.2) is 4.98 Å². The zero-order valence-corrected chi connectivity index (χ0v) is 18.7. The van der Waals surface area contributed by atoms with E-state index in [1.165, 1.54) is 0 Å². The van der Waals surface area contributed by atoms with E-state index in [2.05, 4.69) is 20.6 Å². The number of aryl methyl sites for hydroxylation is 1. The Kier molecular flexibility index (Phi) is 7.84. The number of halogens is 1. The number of amides is 1. The molecule has 1 aromatic carbocycles. The lowest BCUT2D eigenvalue weighted by atomic mass is 10.2. The minimum absolute atomic E-state index is 0. The molecule has 0 radical (unpaired) electrons. The third-order valence-corrected chi connectivity index (χ3v) is 5.07. The summed E-state index contributed by atoms with van der Waals surface area (Å²) >= 11 is 1.65. The van der Waals surface area contributed by atoms with Gasteiger partial charge in [0.15, 0.2) is 5.96 Å². The van der Waals surface area contributed by atoms with E-state index in [9.17, 15) is 4.79 Å². The Hall–Kier alpha value is -1.88. The van der Waals surface area contributed by atoms with Gasteiger partial charge >= 0.3 is 0 Å². The molecule has 2 N–H and O–H groups in total. The topological polar surface area (TPSA) is 78.8 Å². The number of anilines is 1. The number of guanidine groups is 1. The van der Waals surface area contributed by atoms with Crippen molar-refractivity contribution in [2.45, 2.75) is 25.9 Å². The monoisotopic (exact) mass is 501 g/mol. The number of aliphatic imine (C=N–C) groups is 1. The fourth-order valence-corrected chi connectivity index (χ4v) is 3.61. The van der Waals surface area contributed by atoms with Crippen molar-refractivity contribution in [1.29, 1.82) is 0 Å². The van der Waals surface area contributed by atoms with Crippen molar-refractivity contribution < 1.29 is 9.53 Å². The third kappa shape index (κ3) is 5.55. The van der Waals surface area contributed by atoms with Crippen LogP contribution < -0.4 is 20.3 Å². The van der Waals surface area contributed by atoms with Crippen molar-refractivity contribution in [3.63, 3.8) is 0 Å².